The Morgan fingerprint density at radius 1 is 1.05 bits per heavy atom. The predicted octanol–water partition coefficient (Wildman–Crippen LogP) is 6.43. The van der Waals surface area contributed by atoms with E-state index in [-0.39, 0.29) is 18.9 Å². The second kappa shape index (κ2) is 13.4. The van der Waals surface area contributed by atoms with Crippen molar-refractivity contribution in [1.29, 1.82) is 0 Å². The Kier molecular flexibility index (Phi) is 9.18. The fourth-order valence-electron chi connectivity index (χ4n) is 4.98. The van der Waals surface area contributed by atoms with Gasteiger partial charge in [0.05, 0.1) is 24.2 Å². The molecule has 216 valence electrons. The molecular weight excluding hydrogens is 556 g/mol. The number of hydrogen-bond donors (Lipinski definition) is 1. The number of para-hydroxylation sites is 1. The van der Waals surface area contributed by atoms with E-state index < -0.39 is 5.09 Å². The van der Waals surface area contributed by atoms with E-state index in [4.69, 9.17) is 21.3 Å². The summed E-state index contributed by atoms with van der Waals surface area (Å²) in [7, 11) is 0. The van der Waals surface area contributed by atoms with Crippen LogP contribution in [0, 0.1) is 17.0 Å². The largest absolute Gasteiger partial charge is 0.487 e. The molecule has 9 nitrogen and oxygen atoms in total. The van der Waals surface area contributed by atoms with Crippen LogP contribution in [0.15, 0.2) is 78.9 Å². The van der Waals surface area contributed by atoms with E-state index in [2.05, 4.69) is 14.7 Å². The van der Waals surface area contributed by atoms with Crippen LogP contribution in [0.1, 0.15) is 35.4 Å². The summed E-state index contributed by atoms with van der Waals surface area (Å²) in [6, 6.07) is 25.7. The van der Waals surface area contributed by atoms with E-state index in [0.29, 0.717) is 43.3 Å². The minimum absolute atomic E-state index is 0.0116. The number of aromatic nitrogens is 2. The summed E-state index contributed by atoms with van der Waals surface area (Å²) in [6.45, 7) is 3.38. The van der Waals surface area contributed by atoms with Crippen LogP contribution < -0.4 is 10.1 Å². The maximum Gasteiger partial charge on any atom is 0.294 e. The maximum absolute atomic E-state index is 12.9. The topological polar surface area (TPSA) is 109 Å². The molecule has 0 aliphatic rings. The van der Waals surface area contributed by atoms with Crippen molar-refractivity contribution in [2.24, 2.45) is 0 Å². The summed E-state index contributed by atoms with van der Waals surface area (Å²) in [5.41, 5.74) is 5.75. The third kappa shape index (κ3) is 7.16. The number of unbranched alkanes of at least 4 members (excludes halogenated alkanes) is 1. The van der Waals surface area contributed by atoms with Gasteiger partial charge in [0.25, 0.3) is 5.09 Å². The van der Waals surface area contributed by atoms with E-state index in [0.717, 1.165) is 44.3 Å². The fourth-order valence-corrected chi connectivity index (χ4v) is 5.11. The van der Waals surface area contributed by atoms with Crippen LogP contribution in [0.4, 0.5) is 0 Å². The van der Waals surface area contributed by atoms with Gasteiger partial charge in [0.2, 0.25) is 5.91 Å². The molecule has 1 N–H and O–H groups in total. The predicted molar refractivity (Wildman–Crippen MR) is 162 cm³/mol. The van der Waals surface area contributed by atoms with Crippen LogP contribution in [0.2, 0.25) is 5.02 Å². The number of fused-ring (bicyclic) bond motifs is 2. The van der Waals surface area contributed by atoms with Crippen molar-refractivity contribution in [3.63, 3.8) is 0 Å². The van der Waals surface area contributed by atoms with E-state index in [1.165, 1.54) is 0 Å². The number of nitrogens with zero attached hydrogens (tertiary/aromatic N) is 3. The highest BCUT2D eigenvalue weighted by molar-refractivity contribution is 6.30. The third-order valence-corrected chi connectivity index (χ3v) is 7.40. The van der Waals surface area contributed by atoms with Gasteiger partial charge in [0.15, 0.2) is 0 Å². The molecule has 0 fully saturated rings. The quantitative estimate of drug-likeness (QED) is 0.0968. The Hall–Kier alpha value is -4.63. The van der Waals surface area contributed by atoms with Crippen LogP contribution in [-0.4, -0.2) is 33.7 Å². The summed E-state index contributed by atoms with van der Waals surface area (Å²) >= 11 is 6.10. The lowest BCUT2D eigenvalue weighted by molar-refractivity contribution is -0.757. The molecule has 2 heterocycles. The molecule has 10 heteroatoms. The smallest absolute Gasteiger partial charge is 0.294 e. The van der Waals surface area contributed by atoms with Gasteiger partial charge in [-0.2, -0.15) is 0 Å². The Bertz CT molecular complexity index is 1720. The van der Waals surface area contributed by atoms with Crippen molar-refractivity contribution in [2.45, 2.75) is 39.3 Å². The zero-order valence-electron chi connectivity index (χ0n) is 23.2. The summed E-state index contributed by atoms with van der Waals surface area (Å²) in [4.78, 5) is 32.3. The summed E-state index contributed by atoms with van der Waals surface area (Å²) in [5, 5.41) is 15.1. The fraction of sp³-hybridized carbons (Fsp3) is 0.250. The van der Waals surface area contributed by atoms with E-state index >= 15 is 0 Å². The molecule has 3 aromatic carbocycles. The molecular formula is C32H31ClN4O5. The third-order valence-electron chi connectivity index (χ3n) is 7.15. The Labute approximate surface area is 248 Å². The van der Waals surface area contributed by atoms with E-state index in [1.54, 1.807) is 0 Å². The molecule has 2 aromatic heterocycles. The van der Waals surface area contributed by atoms with Crippen LogP contribution >= 0.6 is 11.6 Å². The van der Waals surface area contributed by atoms with Gasteiger partial charge in [-0.3, -0.25) is 4.79 Å². The number of carbonyl (C=O) groups excluding carboxylic acids is 1. The molecule has 0 unspecified atom stereocenters. The monoisotopic (exact) mass is 586 g/mol. The van der Waals surface area contributed by atoms with Crippen molar-refractivity contribution < 1.29 is 19.5 Å². The number of rotatable bonds is 13. The van der Waals surface area contributed by atoms with Gasteiger partial charge in [-0.15, -0.1) is 10.1 Å². The highest BCUT2D eigenvalue weighted by Crippen LogP contribution is 2.31. The molecule has 0 atom stereocenters. The molecule has 5 rings (SSSR count). The van der Waals surface area contributed by atoms with Gasteiger partial charge in [-0.25, -0.2) is 4.98 Å². The molecule has 0 saturated heterocycles. The summed E-state index contributed by atoms with van der Waals surface area (Å²) in [5.74, 6) is 0.569. The Morgan fingerprint density at radius 2 is 1.86 bits per heavy atom. The number of benzene rings is 3. The van der Waals surface area contributed by atoms with Crippen LogP contribution in [0.25, 0.3) is 21.8 Å². The standard InChI is InChI=1S/C32H31ClN4O5/c1-22-28(19-32(38)34-16-4-5-17-42-37(39)40)29-18-27(41-21-26-13-10-24-6-2-3-7-30(24)35-26)14-15-31(29)36(22)20-23-8-11-25(33)12-9-23/h2-3,6-15,18H,4-5,16-17,19-21H2,1H3,(H,34,38). The summed E-state index contributed by atoms with van der Waals surface area (Å²) in [6.07, 6.45) is 1.25. The maximum atomic E-state index is 12.9. The van der Waals surface area contributed by atoms with Gasteiger partial charge in [0, 0.05) is 40.1 Å². The number of nitrogens with one attached hydrogen (secondary N) is 1. The highest BCUT2D eigenvalue weighted by Gasteiger charge is 2.18. The van der Waals surface area contributed by atoms with E-state index in [9.17, 15) is 14.9 Å². The lowest BCUT2D eigenvalue weighted by Gasteiger charge is -2.10. The van der Waals surface area contributed by atoms with Crippen molar-refractivity contribution in [1.82, 2.24) is 14.9 Å². The molecule has 0 aliphatic heterocycles. The lowest BCUT2D eigenvalue weighted by atomic mass is 10.1. The van der Waals surface area contributed by atoms with E-state index in [1.807, 2.05) is 85.8 Å². The molecule has 0 bridgehead atoms. The number of ether oxygens (including phenoxy) is 1. The average molecular weight is 587 g/mol. The normalized spacial score (nSPS) is 11.1. The van der Waals surface area contributed by atoms with Gasteiger partial charge < -0.3 is 19.5 Å². The van der Waals surface area contributed by atoms with Crippen LogP contribution in [0.5, 0.6) is 5.75 Å². The average Bonchev–Trinajstić information content (AvgIpc) is 3.24. The minimum Gasteiger partial charge on any atom is -0.487 e. The first-order chi connectivity index (χ1) is 20.4. The zero-order chi connectivity index (χ0) is 29.5. The molecule has 0 aliphatic carbocycles. The number of halogens is 1. The van der Waals surface area contributed by atoms with Crippen molar-refractivity contribution >= 4 is 39.3 Å². The second-order valence-corrected chi connectivity index (χ2v) is 10.5. The lowest BCUT2D eigenvalue weighted by Crippen LogP contribution is -2.26. The van der Waals surface area contributed by atoms with Gasteiger partial charge >= 0.3 is 0 Å². The molecule has 5 aromatic rings. The van der Waals surface area contributed by atoms with Crippen LogP contribution in [0.3, 0.4) is 0 Å². The first kappa shape index (κ1) is 28.9. The molecule has 0 saturated carbocycles. The zero-order valence-corrected chi connectivity index (χ0v) is 24.0. The Morgan fingerprint density at radius 3 is 2.67 bits per heavy atom. The SMILES string of the molecule is Cc1c(CC(=O)NCCCCO[N+](=O)[O-])c2cc(OCc3ccc4ccccc4n3)ccc2n1Cc1ccc(Cl)cc1. The summed E-state index contributed by atoms with van der Waals surface area (Å²) < 4.78 is 8.36. The highest BCUT2D eigenvalue weighted by atomic mass is 35.5. The van der Waals surface area contributed by atoms with Crippen molar-refractivity contribution in [3.05, 3.63) is 117 Å². The van der Waals surface area contributed by atoms with Gasteiger partial charge in [-0.1, -0.05) is 48.0 Å². The second-order valence-electron chi connectivity index (χ2n) is 10.0. The minimum atomic E-state index is -0.808. The number of carbonyl (C=O) groups is 1. The van der Waals surface area contributed by atoms with Crippen molar-refractivity contribution in [2.75, 3.05) is 13.2 Å². The number of hydrogen-bond acceptors (Lipinski definition) is 6. The van der Waals surface area contributed by atoms with Gasteiger partial charge in [0.1, 0.15) is 12.4 Å². The first-order valence-electron chi connectivity index (χ1n) is 13.7. The molecule has 0 spiro atoms. The molecule has 1 amide bonds. The van der Waals surface area contributed by atoms with Crippen LogP contribution in [-0.2, 0) is 29.2 Å². The first-order valence-corrected chi connectivity index (χ1v) is 14.1. The Balaban J connectivity index is 1.35. The molecule has 42 heavy (non-hydrogen) atoms. The number of pyridine rings is 1. The molecule has 0 radical (unpaired) electrons. The number of amides is 1. The van der Waals surface area contributed by atoms with Crippen molar-refractivity contribution in [3.8, 4) is 5.75 Å². The van der Waals surface area contributed by atoms with Gasteiger partial charge in [-0.05, 0) is 73.4 Å².